The second kappa shape index (κ2) is 7.21. The smallest absolute Gasteiger partial charge is 0.318 e. The van der Waals surface area contributed by atoms with Crippen LogP contribution in [0.3, 0.4) is 0 Å². The molecule has 1 aliphatic rings. The zero-order valence-corrected chi connectivity index (χ0v) is 12.5. The average Bonchev–Trinajstić information content (AvgIpc) is 2.34. The molecule has 0 bridgehead atoms. The highest BCUT2D eigenvalue weighted by atomic mass is 32.2. The van der Waals surface area contributed by atoms with Gasteiger partial charge in [0, 0.05) is 13.1 Å². The average molecular weight is 292 g/mol. The standard InChI is InChI=1S/C12H24N2O4S/c1-13(2)8-9-14(10-12(15)16)19(17,18)11-6-4-3-5-7-11/h11H,3-10H2,1-2H3,(H,15,16). The van der Waals surface area contributed by atoms with Gasteiger partial charge >= 0.3 is 5.97 Å². The van der Waals surface area contributed by atoms with Crippen LogP contribution in [0.25, 0.3) is 0 Å². The van der Waals surface area contributed by atoms with Crippen molar-refractivity contribution in [3.8, 4) is 0 Å². The zero-order valence-electron chi connectivity index (χ0n) is 11.7. The van der Waals surface area contributed by atoms with E-state index in [2.05, 4.69) is 0 Å². The number of rotatable bonds is 7. The predicted molar refractivity (Wildman–Crippen MR) is 73.6 cm³/mol. The van der Waals surface area contributed by atoms with Crippen molar-refractivity contribution in [2.24, 2.45) is 0 Å². The monoisotopic (exact) mass is 292 g/mol. The number of nitrogens with zero attached hydrogens (tertiary/aromatic N) is 2. The first-order valence-electron chi connectivity index (χ1n) is 6.69. The van der Waals surface area contributed by atoms with E-state index in [1.807, 2.05) is 19.0 Å². The van der Waals surface area contributed by atoms with E-state index in [0.29, 0.717) is 19.4 Å². The first kappa shape index (κ1) is 16.4. The fourth-order valence-corrected chi connectivity index (χ4v) is 4.31. The number of hydrogen-bond acceptors (Lipinski definition) is 4. The topological polar surface area (TPSA) is 77.9 Å². The summed E-state index contributed by atoms with van der Waals surface area (Å²) in [5, 5.41) is 8.49. The van der Waals surface area contributed by atoms with Gasteiger partial charge in [-0.15, -0.1) is 0 Å². The van der Waals surface area contributed by atoms with Crippen molar-refractivity contribution in [3.63, 3.8) is 0 Å². The van der Waals surface area contributed by atoms with Crippen LogP contribution in [0.1, 0.15) is 32.1 Å². The molecule has 0 saturated heterocycles. The zero-order chi connectivity index (χ0) is 14.5. The lowest BCUT2D eigenvalue weighted by molar-refractivity contribution is -0.137. The van der Waals surface area contributed by atoms with Crippen molar-refractivity contribution in [2.45, 2.75) is 37.4 Å². The Hall–Kier alpha value is -0.660. The minimum atomic E-state index is -3.49. The summed E-state index contributed by atoms with van der Waals surface area (Å²) in [6.07, 6.45) is 4.21. The van der Waals surface area contributed by atoms with Crippen LogP contribution in [0.4, 0.5) is 0 Å². The van der Waals surface area contributed by atoms with Gasteiger partial charge in [-0.1, -0.05) is 19.3 Å². The molecule has 1 fully saturated rings. The van der Waals surface area contributed by atoms with Crippen LogP contribution in [0, 0.1) is 0 Å². The third kappa shape index (κ3) is 5.08. The molecular weight excluding hydrogens is 268 g/mol. The molecule has 0 aliphatic heterocycles. The lowest BCUT2D eigenvalue weighted by Gasteiger charge is -2.29. The second-order valence-corrected chi connectivity index (χ2v) is 7.55. The molecule has 0 unspecified atom stereocenters. The lowest BCUT2D eigenvalue weighted by Crippen LogP contribution is -2.45. The Bertz CT molecular complexity index is 389. The van der Waals surface area contributed by atoms with Crippen LogP contribution in [0.15, 0.2) is 0 Å². The molecule has 19 heavy (non-hydrogen) atoms. The van der Waals surface area contributed by atoms with Crippen LogP contribution in [-0.2, 0) is 14.8 Å². The Balaban J connectivity index is 2.77. The summed E-state index contributed by atoms with van der Waals surface area (Å²) < 4.78 is 26.1. The number of carboxylic acids is 1. The van der Waals surface area contributed by atoms with Gasteiger partial charge in [-0.25, -0.2) is 8.42 Å². The van der Waals surface area contributed by atoms with Gasteiger partial charge in [-0.3, -0.25) is 4.79 Å². The summed E-state index contributed by atoms with van der Waals surface area (Å²) in [5.41, 5.74) is 0. The van der Waals surface area contributed by atoms with E-state index in [-0.39, 0.29) is 6.54 Å². The molecule has 0 spiro atoms. The quantitative estimate of drug-likeness (QED) is 0.743. The normalized spacial score (nSPS) is 18.1. The summed E-state index contributed by atoms with van der Waals surface area (Å²) in [4.78, 5) is 12.7. The van der Waals surface area contributed by atoms with Crippen molar-refractivity contribution in [2.75, 3.05) is 33.7 Å². The molecular formula is C12H24N2O4S. The van der Waals surface area contributed by atoms with Gasteiger partial charge in [0.2, 0.25) is 10.0 Å². The molecule has 0 aromatic rings. The molecule has 0 atom stereocenters. The van der Waals surface area contributed by atoms with E-state index < -0.39 is 27.8 Å². The van der Waals surface area contributed by atoms with Crippen LogP contribution < -0.4 is 0 Å². The molecule has 0 heterocycles. The minimum Gasteiger partial charge on any atom is -0.480 e. The second-order valence-electron chi connectivity index (χ2n) is 5.34. The number of sulfonamides is 1. The van der Waals surface area contributed by atoms with Crippen molar-refractivity contribution >= 4 is 16.0 Å². The van der Waals surface area contributed by atoms with Gasteiger partial charge < -0.3 is 10.0 Å². The van der Waals surface area contributed by atoms with Gasteiger partial charge in [0.25, 0.3) is 0 Å². The van der Waals surface area contributed by atoms with E-state index in [9.17, 15) is 13.2 Å². The fourth-order valence-electron chi connectivity index (χ4n) is 2.33. The van der Waals surface area contributed by atoms with Crippen LogP contribution in [0.5, 0.6) is 0 Å². The highest BCUT2D eigenvalue weighted by molar-refractivity contribution is 7.89. The fraction of sp³-hybridized carbons (Fsp3) is 0.917. The van der Waals surface area contributed by atoms with Crippen molar-refractivity contribution in [1.82, 2.24) is 9.21 Å². The Morgan fingerprint density at radius 2 is 1.74 bits per heavy atom. The van der Waals surface area contributed by atoms with E-state index in [0.717, 1.165) is 23.6 Å². The summed E-state index contributed by atoms with van der Waals surface area (Å²) >= 11 is 0. The molecule has 7 heteroatoms. The van der Waals surface area contributed by atoms with E-state index in [4.69, 9.17) is 5.11 Å². The SMILES string of the molecule is CN(C)CCN(CC(=O)O)S(=O)(=O)C1CCCCC1. The lowest BCUT2D eigenvalue weighted by atomic mass is 10.0. The predicted octanol–water partition coefficient (Wildman–Crippen LogP) is 0.597. The van der Waals surface area contributed by atoms with Crippen molar-refractivity contribution in [1.29, 1.82) is 0 Å². The van der Waals surface area contributed by atoms with Gasteiger partial charge in [-0.2, -0.15) is 4.31 Å². The van der Waals surface area contributed by atoms with E-state index >= 15 is 0 Å². The van der Waals surface area contributed by atoms with Crippen LogP contribution >= 0.6 is 0 Å². The van der Waals surface area contributed by atoms with Crippen molar-refractivity contribution < 1.29 is 18.3 Å². The van der Waals surface area contributed by atoms with Gasteiger partial charge in [0.15, 0.2) is 0 Å². The maximum Gasteiger partial charge on any atom is 0.318 e. The Labute approximate surface area is 115 Å². The first-order chi connectivity index (χ1) is 8.84. The van der Waals surface area contributed by atoms with Crippen LogP contribution in [0.2, 0.25) is 0 Å². The molecule has 0 aromatic carbocycles. The molecule has 1 saturated carbocycles. The Morgan fingerprint density at radius 1 is 1.16 bits per heavy atom. The largest absolute Gasteiger partial charge is 0.480 e. The summed E-state index contributed by atoms with van der Waals surface area (Å²) in [6.45, 7) is 0.323. The number of hydrogen-bond donors (Lipinski definition) is 1. The molecule has 0 radical (unpaired) electrons. The molecule has 6 nitrogen and oxygen atoms in total. The summed E-state index contributed by atoms with van der Waals surface area (Å²) in [6, 6.07) is 0. The summed E-state index contributed by atoms with van der Waals surface area (Å²) in [5.74, 6) is -1.10. The number of carbonyl (C=O) groups is 1. The summed E-state index contributed by atoms with van der Waals surface area (Å²) in [7, 11) is 0.190. The van der Waals surface area contributed by atoms with Crippen LogP contribution in [-0.4, -0.2) is 67.7 Å². The molecule has 0 aromatic heterocycles. The third-order valence-corrected chi connectivity index (χ3v) is 5.79. The van der Waals surface area contributed by atoms with Gasteiger partial charge in [0.05, 0.1) is 5.25 Å². The molecule has 1 aliphatic carbocycles. The Kier molecular flexibility index (Phi) is 6.22. The molecule has 1 rings (SSSR count). The first-order valence-corrected chi connectivity index (χ1v) is 8.20. The van der Waals surface area contributed by atoms with Crippen molar-refractivity contribution in [3.05, 3.63) is 0 Å². The number of likely N-dealkylation sites (N-methyl/N-ethyl adjacent to an activating group) is 1. The van der Waals surface area contributed by atoms with Gasteiger partial charge in [-0.05, 0) is 26.9 Å². The molecule has 112 valence electrons. The molecule has 1 N–H and O–H groups in total. The van der Waals surface area contributed by atoms with E-state index in [1.54, 1.807) is 0 Å². The Morgan fingerprint density at radius 3 is 2.21 bits per heavy atom. The number of carboxylic acid groups (broad SMARTS) is 1. The third-order valence-electron chi connectivity index (χ3n) is 3.44. The number of aliphatic carboxylic acids is 1. The van der Waals surface area contributed by atoms with Gasteiger partial charge in [0.1, 0.15) is 6.54 Å². The molecule has 0 amide bonds. The maximum absolute atomic E-state index is 12.5. The highest BCUT2D eigenvalue weighted by Gasteiger charge is 2.33. The minimum absolute atomic E-state index is 0.234. The highest BCUT2D eigenvalue weighted by Crippen LogP contribution is 2.25. The van der Waals surface area contributed by atoms with E-state index in [1.165, 1.54) is 0 Å². The maximum atomic E-state index is 12.5.